The van der Waals surface area contributed by atoms with E-state index in [-0.39, 0.29) is 5.91 Å². The Balaban J connectivity index is 1.48. The summed E-state index contributed by atoms with van der Waals surface area (Å²) >= 11 is 0. The van der Waals surface area contributed by atoms with Crippen LogP contribution in [0.3, 0.4) is 0 Å². The molecule has 1 fully saturated rings. The molecule has 0 radical (unpaired) electrons. The predicted molar refractivity (Wildman–Crippen MR) is 116 cm³/mol. The van der Waals surface area contributed by atoms with Gasteiger partial charge < -0.3 is 14.8 Å². The molecule has 1 saturated heterocycles. The molecule has 0 saturated carbocycles. The molecule has 29 heavy (non-hydrogen) atoms. The van der Waals surface area contributed by atoms with Crippen molar-refractivity contribution in [3.8, 4) is 11.5 Å². The van der Waals surface area contributed by atoms with Crippen LogP contribution in [0.25, 0.3) is 0 Å². The lowest BCUT2D eigenvalue weighted by molar-refractivity contribution is -0.117. The summed E-state index contributed by atoms with van der Waals surface area (Å²) in [5.74, 6) is 1.55. The Bertz CT molecular complexity index is 845. The van der Waals surface area contributed by atoms with Crippen molar-refractivity contribution in [1.82, 2.24) is 9.80 Å². The van der Waals surface area contributed by atoms with Gasteiger partial charge in [-0.15, -0.1) is 0 Å². The normalized spacial score (nSPS) is 15.2. The number of anilines is 1. The van der Waals surface area contributed by atoms with Gasteiger partial charge in [0.1, 0.15) is 0 Å². The van der Waals surface area contributed by atoms with Crippen molar-refractivity contribution in [1.29, 1.82) is 0 Å². The van der Waals surface area contributed by atoms with E-state index in [4.69, 9.17) is 9.47 Å². The highest BCUT2D eigenvalue weighted by Crippen LogP contribution is 2.28. The van der Waals surface area contributed by atoms with Crippen molar-refractivity contribution >= 4 is 11.6 Å². The average Bonchev–Trinajstić information content (AvgIpc) is 2.72. The van der Waals surface area contributed by atoms with E-state index < -0.39 is 0 Å². The van der Waals surface area contributed by atoms with E-state index in [1.54, 1.807) is 14.2 Å². The number of hydrogen-bond acceptors (Lipinski definition) is 5. The second-order valence-corrected chi connectivity index (χ2v) is 7.54. The monoisotopic (exact) mass is 397 g/mol. The van der Waals surface area contributed by atoms with Crippen molar-refractivity contribution in [2.75, 3.05) is 52.3 Å². The number of carbonyl (C=O) groups excluding carboxylic acids is 1. The zero-order chi connectivity index (χ0) is 20.8. The van der Waals surface area contributed by atoms with E-state index in [1.807, 2.05) is 31.2 Å². The first-order valence-corrected chi connectivity index (χ1v) is 10.0. The summed E-state index contributed by atoms with van der Waals surface area (Å²) in [4.78, 5) is 17.1. The topological polar surface area (TPSA) is 54.0 Å². The van der Waals surface area contributed by atoms with Gasteiger partial charge in [0.15, 0.2) is 11.5 Å². The predicted octanol–water partition coefficient (Wildman–Crippen LogP) is 3.08. The van der Waals surface area contributed by atoms with Gasteiger partial charge in [-0.2, -0.15) is 0 Å². The molecule has 0 unspecified atom stereocenters. The molecule has 0 atom stereocenters. The number of hydrogen-bond donors (Lipinski definition) is 1. The van der Waals surface area contributed by atoms with Gasteiger partial charge in [0.25, 0.3) is 0 Å². The van der Waals surface area contributed by atoms with Crippen LogP contribution in [0.5, 0.6) is 11.5 Å². The fourth-order valence-electron chi connectivity index (χ4n) is 3.62. The van der Waals surface area contributed by atoms with Crippen LogP contribution in [0.1, 0.15) is 16.7 Å². The second-order valence-electron chi connectivity index (χ2n) is 7.54. The highest BCUT2D eigenvalue weighted by atomic mass is 16.5. The van der Waals surface area contributed by atoms with Crippen molar-refractivity contribution in [2.45, 2.75) is 20.4 Å². The molecular formula is C23H31N3O3. The molecule has 3 rings (SSSR count). The lowest BCUT2D eigenvalue weighted by Gasteiger charge is -2.34. The molecule has 156 valence electrons. The molecule has 1 aliphatic rings. The fourth-order valence-corrected chi connectivity index (χ4v) is 3.62. The fraction of sp³-hybridized carbons (Fsp3) is 0.435. The number of carbonyl (C=O) groups is 1. The Morgan fingerprint density at radius 3 is 2.34 bits per heavy atom. The minimum absolute atomic E-state index is 0.0482. The summed E-state index contributed by atoms with van der Waals surface area (Å²) in [5, 5.41) is 3.05. The largest absolute Gasteiger partial charge is 0.493 e. The van der Waals surface area contributed by atoms with Crippen LogP contribution in [-0.4, -0.2) is 62.7 Å². The number of methoxy groups -OCH3 is 2. The van der Waals surface area contributed by atoms with Gasteiger partial charge in [-0.1, -0.05) is 18.2 Å². The molecular weight excluding hydrogens is 366 g/mol. The van der Waals surface area contributed by atoms with Crippen molar-refractivity contribution in [3.63, 3.8) is 0 Å². The molecule has 1 amide bonds. The van der Waals surface area contributed by atoms with Gasteiger partial charge >= 0.3 is 0 Å². The van der Waals surface area contributed by atoms with Crippen LogP contribution in [0.4, 0.5) is 5.69 Å². The Hall–Kier alpha value is -2.57. The average molecular weight is 398 g/mol. The molecule has 1 aliphatic heterocycles. The maximum atomic E-state index is 12.5. The Labute approximate surface area is 173 Å². The van der Waals surface area contributed by atoms with E-state index in [9.17, 15) is 4.79 Å². The number of nitrogens with one attached hydrogen (secondary N) is 1. The van der Waals surface area contributed by atoms with Gasteiger partial charge in [-0.3, -0.25) is 14.6 Å². The van der Waals surface area contributed by atoms with E-state index in [0.717, 1.165) is 55.5 Å². The second kappa shape index (κ2) is 9.76. The number of rotatable bonds is 7. The van der Waals surface area contributed by atoms with Gasteiger partial charge in [0, 0.05) is 38.4 Å². The molecule has 0 spiro atoms. The molecule has 0 aromatic heterocycles. The minimum atomic E-state index is 0.0482. The SMILES string of the molecule is COc1ccc(CN2CCN(CC(=O)Nc3cccc(C)c3C)CC2)cc1OC. The van der Waals surface area contributed by atoms with Gasteiger partial charge in [-0.05, 0) is 48.7 Å². The number of aryl methyl sites for hydroxylation is 1. The van der Waals surface area contributed by atoms with Crippen LogP contribution in [-0.2, 0) is 11.3 Å². The Morgan fingerprint density at radius 1 is 0.966 bits per heavy atom. The molecule has 1 N–H and O–H groups in total. The van der Waals surface area contributed by atoms with Crippen LogP contribution < -0.4 is 14.8 Å². The maximum absolute atomic E-state index is 12.5. The third kappa shape index (κ3) is 5.49. The maximum Gasteiger partial charge on any atom is 0.238 e. The summed E-state index contributed by atoms with van der Waals surface area (Å²) in [6, 6.07) is 12.0. The third-order valence-electron chi connectivity index (χ3n) is 5.56. The highest BCUT2D eigenvalue weighted by Gasteiger charge is 2.20. The molecule has 0 aliphatic carbocycles. The van der Waals surface area contributed by atoms with Crippen LogP contribution in [0.15, 0.2) is 36.4 Å². The van der Waals surface area contributed by atoms with Crippen LogP contribution >= 0.6 is 0 Å². The van der Waals surface area contributed by atoms with E-state index in [0.29, 0.717) is 6.54 Å². The minimum Gasteiger partial charge on any atom is -0.493 e. The first-order valence-electron chi connectivity index (χ1n) is 10.0. The smallest absolute Gasteiger partial charge is 0.238 e. The molecule has 2 aromatic carbocycles. The van der Waals surface area contributed by atoms with Crippen molar-refractivity contribution in [3.05, 3.63) is 53.1 Å². The Morgan fingerprint density at radius 2 is 1.66 bits per heavy atom. The number of benzene rings is 2. The summed E-state index contributed by atoms with van der Waals surface area (Å²) in [6.07, 6.45) is 0. The summed E-state index contributed by atoms with van der Waals surface area (Å²) < 4.78 is 10.7. The van der Waals surface area contributed by atoms with Gasteiger partial charge in [0.2, 0.25) is 5.91 Å². The third-order valence-corrected chi connectivity index (χ3v) is 5.56. The van der Waals surface area contributed by atoms with E-state index in [1.165, 1.54) is 11.1 Å². The van der Waals surface area contributed by atoms with Crippen molar-refractivity contribution < 1.29 is 14.3 Å². The molecule has 2 aromatic rings. The first-order chi connectivity index (χ1) is 14.0. The number of piperazine rings is 1. The zero-order valence-corrected chi connectivity index (χ0v) is 17.8. The number of nitrogens with zero attached hydrogens (tertiary/aromatic N) is 2. The molecule has 0 bridgehead atoms. The summed E-state index contributed by atoms with van der Waals surface area (Å²) in [5.41, 5.74) is 4.41. The van der Waals surface area contributed by atoms with Crippen LogP contribution in [0.2, 0.25) is 0 Å². The zero-order valence-electron chi connectivity index (χ0n) is 17.8. The number of amides is 1. The van der Waals surface area contributed by atoms with Crippen molar-refractivity contribution in [2.24, 2.45) is 0 Å². The Kier molecular flexibility index (Phi) is 7.12. The van der Waals surface area contributed by atoms with Gasteiger partial charge in [0.05, 0.1) is 20.8 Å². The van der Waals surface area contributed by atoms with E-state index >= 15 is 0 Å². The summed E-state index contributed by atoms with van der Waals surface area (Å²) in [6.45, 7) is 9.03. The summed E-state index contributed by atoms with van der Waals surface area (Å²) in [7, 11) is 3.30. The molecule has 6 heteroatoms. The molecule has 1 heterocycles. The van der Waals surface area contributed by atoms with E-state index in [2.05, 4.69) is 34.2 Å². The molecule has 6 nitrogen and oxygen atoms in total. The lowest BCUT2D eigenvalue weighted by atomic mass is 10.1. The van der Waals surface area contributed by atoms with Crippen LogP contribution in [0, 0.1) is 13.8 Å². The van der Waals surface area contributed by atoms with Gasteiger partial charge in [-0.25, -0.2) is 0 Å². The lowest BCUT2D eigenvalue weighted by Crippen LogP contribution is -2.48. The standard InChI is InChI=1S/C23H31N3O3/c1-17-6-5-7-20(18(17)2)24-23(27)16-26-12-10-25(11-13-26)15-19-8-9-21(28-3)22(14-19)29-4/h5-9,14H,10-13,15-16H2,1-4H3,(H,24,27). The number of ether oxygens (including phenoxy) is 2. The quantitative estimate of drug-likeness (QED) is 0.778. The first kappa shape index (κ1) is 21.1. The highest BCUT2D eigenvalue weighted by molar-refractivity contribution is 5.93.